The summed E-state index contributed by atoms with van der Waals surface area (Å²) in [5, 5.41) is 0. The van der Waals surface area contributed by atoms with Crippen molar-refractivity contribution in [1.82, 2.24) is 9.80 Å². The normalized spacial score (nSPS) is 25.1. The first-order chi connectivity index (χ1) is 11.8. The molecule has 0 saturated carbocycles. The lowest BCUT2D eigenvalue weighted by molar-refractivity contribution is 0.180. The minimum absolute atomic E-state index is 0.182. The summed E-state index contributed by atoms with van der Waals surface area (Å²) in [5.74, 6) is 0.270. The Hall–Kier alpha value is -1.13. The fraction of sp³-hybridized carbons (Fsp3) is 0.700. The molecule has 3 aliphatic rings. The molecule has 0 radical (unpaired) electrons. The van der Waals surface area contributed by atoms with Crippen molar-refractivity contribution in [2.45, 2.75) is 51.0 Å². The molecule has 2 fully saturated rings. The molecule has 2 aliphatic heterocycles. The summed E-state index contributed by atoms with van der Waals surface area (Å²) in [7, 11) is 0. The molecule has 1 unspecified atom stereocenters. The SMILES string of the molecule is Fc1cc2c(cc1OCCN1CCCCC1)CCC2N1CCCC1. The third-order valence-electron chi connectivity index (χ3n) is 5.94. The Morgan fingerprint density at radius 2 is 1.75 bits per heavy atom. The van der Waals surface area contributed by atoms with E-state index in [0.717, 1.165) is 32.5 Å². The van der Waals surface area contributed by atoms with Crippen LogP contribution < -0.4 is 4.74 Å². The summed E-state index contributed by atoms with van der Waals surface area (Å²) in [6, 6.07) is 4.15. The third-order valence-corrected chi connectivity index (χ3v) is 5.94. The van der Waals surface area contributed by atoms with Crippen molar-refractivity contribution in [3.8, 4) is 5.75 Å². The maximum absolute atomic E-state index is 14.5. The number of aryl methyl sites for hydroxylation is 1. The highest BCUT2D eigenvalue weighted by Crippen LogP contribution is 2.40. The third kappa shape index (κ3) is 3.45. The molecule has 0 bridgehead atoms. The zero-order valence-electron chi connectivity index (χ0n) is 14.6. The lowest BCUT2D eigenvalue weighted by Gasteiger charge is -2.26. The molecule has 2 heterocycles. The molecule has 4 rings (SSSR count). The second-order valence-electron chi connectivity index (χ2n) is 7.53. The maximum Gasteiger partial charge on any atom is 0.165 e. The largest absolute Gasteiger partial charge is 0.489 e. The minimum atomic E-state index is -0.182. The molecule has 4 heteroatoms. The van der Waals surface area contributed by atoms with Crippen LogP contribution in [0.1, 0.15) is 55.7 Å². The highest BCUT2D eigenvalue weighted by Gasteiger charge is 2.30. The van der Waals surface area contributed by atoms with Gasteiger partial charge in [-0.2, -0.15) is 0 Å². The summed E-state index contributed by atoms with van der Waals surface area (Å²) >= 11 is 0. The van der Waals surface area contributed by atoms with Crippen molar-refractivity contribution < 1.29 is 9.13 Å². The van der Waals surface area contributed by atoms with Gasteiger partial charge in [0, 0.05) is 12.6 Å². The van der Waals surface area contributed by atoms with E-state index in [4.69, 9.17) is 4.74 Å². The van der Waals surface area contributed by atoms with Gasteiger partial charge in [0.15, 0.2) is 11.6 Å². The van der Waals surface area contributed by atoms with Crippen molar-refractivity contribution in [2.24, 2.45) is 0 Å². The highest BCUT2D eigenvalue weighted by atomic mass is 19.1. The van der Waals surface area contributed by atoms with Crippen LogP contribution >= 0.6 is 0 Å². The molecular weight excluding hydrogens is 303 g/mol. The van der Waals surface area contributed by atoms with E-state index >= 15 is 0 Å². The van der Waals surface area contributed by atoms with Gasteiger partial charge in [-0.05, 0) is 88.0 Å². The van der Waals surface area contributed by atoms with Crippen LogP contribution in [0.25, 0.3) is 0 Å². The van der Waals surface area contributed by atoms with Crippen molar-refractivity contribution in [1.29, 1.82) is 0 Å². The van der Waals surface area contributed by atoms with Crippen LogP contribution in [-0.4, -0.2) is 49.1 Å². The summed E-state index contributed by atoms with van der Waals surface area (Å²) in [4.78, 5) is 4.96. The second-order valence-corrected chi connectivity index (χ2v) is 7.53. The molecule has 3 nitrogen and oxygen atoms in total. The summed E-state index contributed by atoms with van der Waals surface area (Å²) in [6.45, 7) is 6.15. The van der Waals surface area contributed by atoms with Gasteiger partial charge in [0.2, 0.25) is 0 Å². The average Bonchev–Trinajstić information content (AvgIpc) is 3.25. The van der Waals surface area contributed by atoms with E-state index in [1.54, 1.807) is 6.07 Å². The van der Waals surface area contributed by atoms with Gasteiger partial charge in [0.05, 0.1) is 0 Å². The van der Waals surface area contributed by atoms with Gasteiger partial charge in [-0.1, -0.05) is 6.42 Å². The highest BCUT2D eigenvalue weighted by molar-refractivity contribution is 5.42. The smallest absolute Gasteiger partial charge is 0.165 e. The van der Waals surface area contributed by atoms with E-state index in [1.165, 1.54) is 56.3 Å². The van der Waals surface area contributed by atoms with Crippen LogP contribution in [0.4, 0.5) is 4.39 Å². The molecule has 0 N–H and O–H groups in total. The van der Waals surface area contributed by atoms with E-state index in [2.05, 4.69) is 9.80 Å². The van der Waals surface area contributed by atoms with Crippen LogP contribution in [0, 0.1) is 5.82 Å². The van der Waals surface area contributed by atoms with Gasteiger partial charge in [-0.15, -0.1) is 0 Å². The summed E-state index contributed by atoms with van der Waals surface area (Å²) < 4.78 is 20.3. The number of benzene rings is 1. The van der Waals surface area contributed by atoms with Crippen molar-refractivity contribution in [2.75, 3.05) is 39.3 Å². The summed E-state index contributed by atoms with van der Waals surface area (Å²) in [6.07, 6.45) is 8.66. The average molecular weight is 332 g/mol. The number of nitrogens with zero attached hydrogens (tertiary/aromatic N) is 2. The molecule has 1 atom stereocenters. The van der Waals surface area contributed by atoms with E-state index in [1.807, 2.05) is 6.07 Å². The molecule has 1 aromatic rings. The molecule has 24 heavy (non-hydrogen) atoms. The number of hydrogen-bond acceptors (Lipinski definition) is 3. The first-order valence-electron chi connectivity index (χ1n) is 9.73. The minimum Gasteiger partial charge on any atom is -0.489 e. The first-order valence-corrected chi connectivity index (χ1v) is 9.73. The predicted octanol–water partition coefficient (Wildman–Crippen LogP) is 3.77. The fourth-order valence-electron chi connectivity index (χ4n) is 4.60. The maximum atomic E-state index is 14.5. The quantitative estimate of drug-likeness (QED) is 0.816. The van der Waals surface area contributed by atoms with Crippen LogP contribution in [0.2, 0.25) is 0 Å². The van der Waals surface area contributed by atoms with Crippen LogP contribution in [-0.2, 0) is 6.42 Å². The van der Waals surface area contributed by atoms with Gasteiger partial charge in [0.25, 0.3) is 0 Å². The lowest BCUT2D eigenvalue weighted by atomic mass is 10.1. The fourth-order valence-corrected chi connectivity index (χ4v) is 4.60. The van der Waals surface area contributed by atoms with Gasteiger partial charge in [0.1, 0.15) is 6.61 Å². The Morgan fingerprint density at radius 3 is 2.54 bits per heavy atom. The van der Waals surface area contributed by atoms with Gasteiger partial charge < -0.3 is 4.74 Å². The molecule has 0 amide bonds. The van der Waals surface area contributed by atoms with Crippen LogP contribution in [0.3, 0.4) is 0 Å². The number of rotatable bonds is 5. The molecule has 0 aromatic heterocycles. The zero-order chi connectivity index (χ0) is 16.4. The lowest BCUT2D eigenvalue weighted by Crippen LogP contribution is -2.33. The molecule has 2 saturated heterocycles. The molecule has 1 aliphatic carbocycles. The van der Waals surface area contributed by atoms with Crippen LogP contribution in [0.15, 0.2) is 12.1 Å². The molecule has 0 spiro atoms. The number of likely N-dealkylation sites (tertiary alicyclic amines) is 2. The van der Waals surface area contributed by atoms with Crippen LogP contribution in [0.5, 0.6) is 5.75 Å². The molecule has 1 aromatic carbocycles. The van der Waals surface area contributed by atoms with E-state index in [-0.39, 0.29) is 5.82 Å². The second kappa shape index (κ2) is 7.40. The zero-order valence-corrected chi connectivity index (χ0v) is 14.6. The Labute approximate surface area is 144 Å². The monoisotopic (exact) mass is 332 g/mol. The van der Waals surface area contributed by atoms with E-state index < -0.39 is 0 Å². The topological polar surface area (TPSA) is 15.7 Å². The van der Waals surface area contributed by atoms with Gasteiger partial charge >= 0.3 is 0 Å². The Balaban J connectivity index is 1.38. The number of ether oxygens (including phenoxy) is 1. The predicted molar refractivity (Wildman–Crippen MR) is 94.1 cm³/mol. The Bertz CT molecular complexity index is 565. The Morgan fingerprint density at radius 1 is 1.00 bits per heavy atom. The molecule has 132 valence electrons. The number of halogens is 1. The van der Waals surface area contributed by atoms with E-state index in [0.29, 0.717) is 18.4 Å². The van der Waals surface area contributed by atoms with Crippen molar-refractivity contribution in [3.05, 3.63) is 29.1 Å². The number of piperidine rings is 1. The summed E-state index contributed by atoms with van der Waals surface area (Å²) in [5.41, 5.74) is 2.50. The van der Waals surface area contributed by atoms with Crippen molar-refractivity contribution >= 4 is 0 Å². The number of hydrogen-bond donors (Lipinski definition) is 0. The molecular formula is C20H29FN2O. The van der Waals surface area contributed by atoms with Gasteiger partial charge in [-0.25, -0.2) is 4.39 Å². The first kappa shape index (κ1) is 16.3. The van der Waals surface area contributed by atoms with Gasteiger partial charge in [-0.3, -0.25) is 9.80 Å². The van der Waals surface area contributed by atoms with Crippen molar-refractivity contribution in [3.63, 3.8) is 0 Å². The Kier molecular flexibility index (Phi) is 5.04. The van der Waals surface area contributed by atoms with E-state index in [9.17, 15) is 4.39 Å². The number of fused-ring (bicyclic) bond motifs is 1. The standard InChI is InChI=1S/C20H29FN2O/c21-18-15-17-16(6-7-19(17)23-10-4-5-11-23)14-20(18)24-13-12-22-8-2-1-3-9-22/h14-15,19H,1-13H2.